The first-order valence-electron chi connectivity index (χ1n) is 6.98. The summed E-state index contributed by atoms with van der Waals surface area (Å²) in [6.07, 6.45) is 1.43. The zero-order valence-corrected chi connectivity index (χ0v) is 13.2. The van der Waals surface area contributed by atoms with Crippen LogP contribution in [-0.4, -0.2) is 20.1 Å². The summed E-state index contributed by atoms with van der Waals surface area (Å²) < 4.78 is 23.2. The Hall–Kier alpha value is -3.33. The molecule has 2 aromatic carbocycles. The highest BCUT2D eigenvalue weighted by atomic mass is 19.1. The summed E-state index contributed by atoms with van der Waals surface area (Å²) in [7, 11) is 3.02. The number of amides is 1. The molecule has 0 saturated carbocycles. The molecule has 0 bridgehead atoms. The van der Waals surface area contributed by atoms with Gasteiger partial charge in [-0.1, -0.05) is 6.07 Å². The SMILES string of the molecule is COc1ccc(C=C(C#N)C(=O)Nc2ccc(F)cc2)cc1OC. The molecular formula is C18H15FN2O3. The third kappa shape index (κ3) is 4.11. The Bertz CT molecular complexity index is 808. The molecule has 1 amide bonds. The number of halogens is 1. The van der Waals surface area contributed by atoms with Crippen LogP contribution >= 0.6 is 0 Å². The van der Waals surface area contributed by atoms with Crippen molar-refractivity contribution in [2.24, 2.45) is 0 Å². The Balaban J connectivity index is 2.23. The van der Waals surface area contributed by atoms with Crippen molar-refractivity contribution < 1.29 is 18.7 Å². The zero-order chi connectivity index (χ0) is 17.5. The second-order valence-electron chi connectivity index (χ2n) is 4.75. The zero-order valence-electron chi connectivity index (χ0n) is 13.2. The van der Waals surface area contributed by atoms with Crippen LogP contribution in [-0.2, 0) is 4.79 Å². The number of hydrogen-bond donors (Lipinski definition) is 1. The quantitative estimate of drug-likeness (QED) is 0.675. The minimum absolute atomic E-state index is 0.0912. The highest BCUT2D eigenvalue weighted by Crippen LogP contribution is 2.28. The number of anilines is 1. The van der Waals surface area contributed by atoms with Crippen molar-refractivity contribution >= 4 is 17.7 Å². The lowest BCUT2D eigenvalue weighted by Crippen LogP contribution is -2.13. The molecule has 0 aliphatic rings. The number of carbonyl (C=O) groups is 1. The van der Waals surface area contributed by atoms with Gasteiger partial charge in [-0.05, 0) is 48.0 Å². The highest BCUT2D eigenvalue weighted by Gasteiger charge is 2.11. The second-order valence-corrected chi connectivity index (χ2v) is 4.75. The van der Waals surface area contributed by atoms with E-state index in [4.69, 9.17) is 9.47 Å². The van der Waals surface area contributed by atoms with E-state index >= 15 is 0 Å². The Kier molecular flexibility index (Phi) is 5.53. The van der Waals surface area contributed by atoms with E-state index in [2.05, 4.69) is 5.32 Å². The van der Waals surface area contributed by atoms with Crippen molar-refractivity contribution in [2.75, 3.05) is 19.5 Å². The number of carbonyl (C=O) groups excluding carboxylic acids is 1. The van der Waals surface area contributed by atoms with Gasteiger partial charge in [0.25, 0.3) is 5.91 Å². The van der Waals surface area contributed by atoms with Crippen molar-refractivity contribution in [1.82, 2.24) is 0 Å². The molecule has 2 rings (SSSR count). The topological polar surface area (TPSA) is 71.3 Å². The minimum Gasteiger partial charge on any atom is -0.493 e. The van der Waals surface area contributed by atoms with Gasteiger partial charge in [0.2, 0.25) is 0 Å². The summed E-state index contributed by atoms with van der Waals surface area (Å²) in [6, 6.07) is 12.2. The average molecular weight is 326 g/mol. The van der Waals surface area contributed by atoms with Gasteiger partial charge in [-0.15, -0.1) is 0 Å². The van der Waals surface area contributed by atoms with Crippen LogP contribution in [0.3, 0.4) is 0 Å². The van der Waals surface area contributed by atoms with Gasteiger partial charge in [-0.2, -0.15) is 5.26 Å². The van der Waals surface area contributed by atoms with E-state index in [0.29, 0.717) is 22.7 Å². The standard InChI is InChI=1S/C18H15FN2O3/c1-23-16-8-3-12(10-17(16)24-2)9-13(11-20)18(22)21-15-6-4-14(19)5-7-15/h3-10H,1-2H3,(H,21,22). The minimum atomic E-state index is -0.584. The molecule has 0 aliphatic heterocycles. The maximum absolute atomic E-state index is 12.9. The molecule has 0 spiro atoms. The Labute approximate surface area is 138 Å². The van der Waals surface area contributed by atoms with Crippen molar-refractivity contribution in [2.45, 2.75) is 0 Å². The predicted octanol–water partition coefficient (Wildman–Crippen LogP) is 3.39. The molecule has 0 aliphatic carbocycles. The fraction of sp³-hybridized carbons (Fsp3) is 0.111. The first-order valence-corrected chi connectivity index (χ1v) is 6.98. The van der Waals surface area contributed by atoms with Crippen LogP contribution in [0.25, 0.3) is 6.08 Å². The van der Waals surface area contributed by atoms with E-state index in [1.807, 2.05) is 6.07 Å². The maximum atomic E-state index is 12.9. The van der Waals surface area contributed by atoms with Crippen LogP contribution in [0.2, 0.25) is 0 Å². The number of nitriles is 1. The molecule has 0 saturated heterocycles. The van der Waals surface area contributed by atoms with Crippen LogP contribution in [0.5, 0.6) is 11.5 Å². The lowest BCUT2D eigenvalue weighted by atomic mass is 10.1. The Morgan fingerprint density at radius 1 is 1.12 bits per heavy atom. The smallest absolute Gasteiger partial charge is 0.266 e. The van der Waals surface area contributed by atoms with Crippen molar-refractivity contribution in [3.05, 3.63) is 59.4 Å². The van der Waals surface area contributed by atoms with Gasteiger partial charge in [0.15, 0.2) is 11.5 Å². The Morgan fingerprint density at radius 2 is 1.79 bits per heavy atom. The number of methoxy groups -OCH3 is 2. The number of benzene rings is 2. The molecule has 1 N–H and O–H groups in total. The maximum Gasteiger partial charge on any atom is 0.266 e. The van der Waals surface area contributed by atoms with Gasteiger partial charge in [0.05, 0.1) is 14.2 Å². The van der Waals surface area contributed by atoms with Crippen LogP contribution in [0.15, 0.2) is 48.0 Å². The Morgan fingerprint density at radius 3 is 2.38 bits per heavy atom. The normalized spacial score (nSPS) is 10.7. The molecule has 0 heterocycles. The van der Waals surface area contributed by atoms with Crippen LogP contribution < -0.4 is 14.8 Å². The van der Waals surface area contributed by atoms with Gasteiger partial charge >= 0.3 is 0 Å². The van der Waals surface area contributed by atoms with E-state index in [9.17, 15) is 14.4 Å². The molecule has 6 heteroatoms. The summed E-state index contributed by atoms with van der Waals surface area (Å²) in [6.45, 7) is 0. The molecule has 0 unspecified atom stereocenters. The molecule has 0 radical (unpaired) electrons. The molecule has 24 heavy (non-hydrogen) atoms. The van der Waals surface area contributed by atoms with E-state index in [0.717, 1.165) is 0 Å². The van der Waals surface area contributed by atoms with E-state index in [-0.39, 0.29) is 5.57 Å². The largest absolute Gasteiger partial charge is 0.493 e. The predicted molar refractivity (Wildman–Crippen MR) is 88.2 cm³/mol. The lowest BCUT2D eigenvalue weighted by Gasteiger charge is -2.08. The van der Waals surface area contributed by atoms with Gasteiger partial charge in [-0.25, -0.2) is 4.39 Å². The first-order chi connectivity index (χ1) is 11.6. The van der Waals surface area contributed by atoms with Crippen LogP contribution in [0.1, 0.15) is 5.56 Å². The number of nitrogens with zero attached hydrogens (tertiary/aromatic N) is 1. The van der Waals surface area contributed by atoms with E-state index in [1.165, 1.54) is 44.6 Å². The number of ether oxygens (including phenoxy) is 2. The first kappa shape index (κ1) is 17.0. The fourth-order valence-corrected chi connectivity index (χ4v) is 1.99. The summed E-state index contributed by atoms with van der Waals surface area (Å²) in [5.41, 5.74) is 0.917. The average Bonchev–Trinajstić information content (AvgIpc) is 2.61. The third-order valence-corrected chi connectivity index (χ3v) is 3.19. The van der Waals surface area contributed by atoms with Crippen molar-refractivity contribution in [3.63, 3.8) is 0 Å². The molecule has 2 aromatic rings. The van der Waals surface area contributed by atoms with Crippen LogP contribution in [0.4, 0.5) is 10.1 Å². The molecule has 0 atom stereocenters. The van der Waals surface area contributed by atoms with Crippen LogP contribution in [0, 0.1) is 17.1 Å². The van der Waals surface area contributed by atoms with Gasteiger partial charge in [-0.3, -0.25) is 4.79 Å². The second kappa shape index (κ2) is 7.79. The number of nitrogens with one attached hydrogen (secondary N) is 1. The van der Waals surface area contributed by atoms with Gasteiger partial charge in [0.1, 0.15) is 17.5 Å². The highest BCUT2D eigenvalue weighted by molar-refractivity contribution is 6.09. The summed E-state index contributed by atoms with van der Waals surface area (Å²) in [4.78, 5) is 12.2. The summed E-state index contributed by atoms with van der Waals surface area (Å²) in [5, 5.41) is 11.8. The molecule has 122 valence electrons. The van der Waals surface area contributed by atoms with Gasteiger partial charge in [0, 0.05) is 5.69 Å². The monoisotopic (exact) mass is 326 g/mol. The molecule has 0 aromatic heterocycles. The van der Waals surface area contributed by atoms with Crippen molar-refractivity contribution in [1.29, 1.82) is 5.26 Å². The van der Waals surface area contributed by atoms with Crippen molar-refractivity contribution in [3.8, 4) is 17.6 Å². The number of rotatable bonds is 5. The van der Waals surface area contributed by atoms with E-state index in [1.54, 1.807) is 18.2 Å². The summed E-state index contributed by atoms with van der Waals surface area (Å²) >= 11 is 0. The molecule has 0 fully saturated rings. The van der Waals surface area contributed by atoms with Gasteiger partial charge < -0.3 is 14.8 Å². The fourth-order valence-electron chi connectivity index (χ4n) is 1.99. The third-order valence-electron chi connectivity index (χ3n) is 3.19. The number of hydrogen-bond acceptors (Lipinski definition) is 4. The summed E-state index contributed by atoms with van der Waals surface area (Å²) in [5.74, 6) is 0.0414. The lowest BCUT2D eigenvalue weighted by molar-refractivity contribution is -0.112. The molecular weight excluding hydrogens is 311 g/mol. The van der Waals surface area contributed by atoms with E-state index < -0.39 is 11.7 Å². The molecule has 5 nitrogen and oxygen atoms in total.